The number of fused-ring (bicyclic) bond motifs is 2. The van der Waals surface area contributed by atoms with E-state index in [1.165, 1.54) is 12.7 Å². The first-order valence-electron chi connectivity index (χ1n) is 11.8. The van der Waals surface area contributed by atoms with Crippen LogP contribution >= 0.6 is 0 Å². The highest BCUT2D eigenvalue weighted by Gasteiger charge is 2.47. The third kappa shape index (κ3) is 6.15. The quantitative estimate of drug-likeness (QED) is 0.383. The zero-order valence-electron chi connectivity index (χ0n) is 19.1. The Balaban J connectivity index is 1.72. The number of aliphatic hydroxyl groups excluding tert-OH is 1. The molecule has 0 heterocycles. The van der Waals surface area contributed by atoms with Gasteiger partial charge in [0.25, 0.3) is 0 Å². The molecule has 7 heteroatoms. The topological polar surface area (TPSA) is 102 Å². The average molecular weight is 449 g/mol. The van der Waals surface area contributed by atoms with E-state index in [1.54, 1.807) is 0 Å². The van der Waals surface area contributed by atoms with Crippen molar-refractivity contribution in [3.8, 4) is 5.75 Å². The molecular weight excluding hydrogens is 412 g/mol. The molecule has 2 aliphatic carbocycles. The number of unbranched alkanes of at least 4 members (excludes halogenated alkanes) is 2. The zero-order chi connectivity index (χ0) is 23.1. The van der Waals surface area contributed by atoms with E-state index in [0.717, 1.165) is 56.9 Å². The van der Waals surface area contributed by atoms with Gasteiger partial charge in [-0.1, -0.05) is 38.3 Å². The summed E-state index contributed by atoms with van der Waals surface area (Å²) >= 11 is 0. The van der Waals surface area contributed by atoms with Crippen LogP contribution in [0.15, 0.2) is 18.2 Å². The molecule has 1 aromatic rings. The van der Waals surface area contributed by atoms with Crippen LogP contribution in [0.5, 0.6) is 5.75 Å². The molecule has 1 saturated carbocycles. The fourth-order valence-electron chi connectivity index (χ4n) is 5.52. The van der Waals surface area contributed by atoms with Gasteiger partial charge >= 0.3 is 12.1 Å². The van der Waals surface area contributed by atoms with Crippen LogP contribution in [0.3, 0.4) is 0 Å². The van der Waals surface area contributed by atoms with Crippen molar-refractivity contribution >= 4 is 12.1 Å². The van der Waals surface area contributed by atoms with Crippen molar-refractivity contribution in [2.24, 2.45) is 17.8 Å². The molecule has 1 fully saturated rings. The maximum absolute atomic E-state index is 11.9. The van der Waals surface area contributed by atoms with Gasteiger partial charge in [-0.15, -0.1) is 0 Å². The van der Waals surface area contributed by atoms with Crippen LogP contribution in [0.1, 0.15) is 63.0 Å². The summed E-state index contributed by atoms with van der Waals surface area (Å²) in [7, 11) is 1.32. The second kappa shape index (κ2) is 11.5. The number of aliphatic hydroxyl groups is 1. The third-order valence-electron chi connectivity index (χ3n) is 7.06. The summed E-state index contributed by atoms with van der Waals surface area (Å²) in [4.78, 5) is 22.8. The van der Waals surface area contributed by atoms with Gasteiger partial charge in [-0.25, -0.2) is 9.59 Å². The van der Waals surface area contributed by atoms with Crippen molar-refractivity contribution in [2.75, 3.05) is 13.7 Å². The first kappa shape index (κ1) is 24.4. The standard InChI is InChI=1S/C25H36O7/c1-3-4-5-8-18(26)10-11-19-20-12-16-7-6-9-22(31-15-24(27)28)21(16)13-17(20)14-23(19)32-25(29)30-2/h6-7,9,17-20,23,26H,3-5,8,10-15H2,1-2H3,(H,27,28)/t17-,18-,19+,20-,23+/m0/s1. The summed E-state index contributed by atoms with van der Waals surface area (Å²) in [5.41, 5.74) is 2.23. The number of hydrogen-bond acceptors (Lipinski definition) is 6. The Morgan fingerprint density at radius 3 is 2.72 bits per heavy atom. The molecule has 0 saturated heterocycles. The Bertz CT molecular complexity index is 778. The number of rotatable bonds is 11. The zero-order valence-corrected chi connectivity index (χ0v) is 19.1. The van der Waals surface area contributed by atoms with Crippen molar-refractivity contribution in [3.63, 3.8) is 0 Å². The summed E-state index contributed by atoms with van der Waals surface area (Å²) in [6, 6.07) is 5.80. The number of aliphatic carboxylic acids is 1. The lowest BCUT2D eigenvalue weighted by molar-refractivity contribution is -0.139. The molecule has 178 valence electrons. The number of carbonyl (C=O) groups excluding carboxylic acids is 1. The van der Waals surface area contributed by atoms with E-state index in [1.807, 2.05) is 12.1 Å². The van der Waals surface area contributed by atoms with Crippen LogP contribution in [0.4, 0.5) is 4.79 Å². The molecule has 0 spiro atoms. The molecule has 7 nitrogen and oxygen atoms in total. The van der Waals surface area contributed by atoms with Crippen LogP contribution in [0, 0.1) is 17.8 Å². The maximum Gasteiger partial charge on any atom is 0.508 e. The van der Waals surface area contributed by atoms with E-state index in [-0.39, 0.29) is 24.7 Å². The van der Waals surface area contributed by atoms with E-state index in [0.29, 0.717) is 24.0 Å². The monoisotopic (exact) mass is 448 g/mol. The maximum atomic E-state index is 11.9. The van der Waals surface area contributed by atoms with Crippen molar-refractivity contribution in [1.82, 2.24) is 0 Å². The lowest BCUT2D eigenvalue weighted by Gasteiger charge is -2.32. The van der Waals surface area contributed by atoms with Gasteiger partial charge in [0.2, 0.25) is 0 Å². The fraction of sp³-hybridized carbons (Fsp3) is 0.680. The Kier molecular flexibility index (Phi) is 8.79. The predicted molar refractivity (Wildman–Crippen MR) is 119 cm³/mol. The molecule has 3 rings (SSSR count). The van der Waals surface area contributed by atoms with Crippen LogP contribution in [-0.4, -0.2) is 48.3 Å². The SMILES string of the molecule is CCCCC[C@H](O)CC[C@@H]1[C@H]2Cc3cccc(OCC(=O)O)c3C[C@H]2C[C@H]1OC(=O)OC. The highest BCUT2D eigenvalue weighted by molar-refractivity contribution is 5.68. The lowest BCUT2D eigenvalue weighted by atomic mass is 9.73. The molecule has 0 aliphatic heterocycles. The number of carboxylic acids is 1. The first-order chi connectivity index (χ1) is 15.4. The van der Waals surface area contributed by atoms with Crippen LogP contribution < -0.4 is 4.74 Å². The number of ether oxygens (including phenoxy) is 3. The summed E-state index contributed by atoms with van der Waals surface area (Å²) < 4.78 is 15.9. The molecule has 0 aromatic heterocycles. The number of hydrogen-bond donors (Lipinski definition) is 2. The largest absolute Gasteiger partial charge is 0.508 e. The number of methoxy groups -OCH3 is 1. The summed E-state index contributed by atoms with van der Waals surface area (Å²) in [5, 5.41) is 19.4. The van der Waals surface area contributed by atoms with Crippen molar-refractivity contribution < 1.29 is 34.0 Å². The number of carbonyl (C=O) groups is 2. The molecule has 1 aromatic carbocycles. The van der Waals surface area contributed by atoms with Gasteiger partial charge in [0.1, 0.15) is 11.9 Å². The highest BCUT2D eigenvalue weighted by Crippen LogP contribution is 2.49. The predicted octanol–water partition coefficient (Wildman–Crippen LogP) is 4.37. The van der Waals surface area contributed by atoms with Crippen LogP contribution in [-0.2, 0) is 27.1 Å². The molecule has 32 heavy (non-hydrogen) atoms. The minimum atomic E-state index is -0.999. The van der Waals surface area contributed by atoms with Crippen LogP contribution in [0.2, 0.25) is 0 Å². The van der Waals surface area contributed by atoms with Gasteiger partial charge in [0, 0.05) is 0 Å². The normalized spacial score (nSPS) is 24.8. The second-order valence-electron chi connectivity index (χ2n) is 9.15. The van der Waals surface area contributed by atoms with Crippen molar-refractivity contribution in [3.05, 3.63) is 29.3 Å². The molecule has 5 atom stereocenters. The average Bonchev–Trinajstić information content (AvgIpc) is 3.10. The number of benzene rings is 1. The highest BCUT2D eigenvalue weighted by atomic mass is 16.7. The third-order valence-corrected chi connectivity index (χ3v) is 7.06. The van der Waals surface area contributed by atoms with E-state index in [9.17, 15) is 14.7 Å². The van der Waals surface area contributed by atoms with Gasteiger partial charge in [0.15, 0.2) is 6.61 Å². The van der Waals surface area contributed by atoms with Gasteiger partial charge in [-0.2, -0.15) is 0 Å². The van der Waals surface area contributed by atoms with E-state index in [4.69, 9.17) is 19.3 Å². The van der Waals surface area contributed by atoms with Gasteiger partial charge in [0.05, 0.1) is 13.2 Å². The van der Waals surface area contributed by atoms with Crippen molar-refractivity contribution in [1.29, 1.82) is 0 Å². The van der Waals surface area contributed by atoms with E-state index in [2.05, 4.69) is 13.0 Å². The molecule has 2 aliphatic rings. The molecular formula is C25H36O7. The van der Waals surface area contributed by atoms with E-state index < -0.39 is 12.1 Å². The molecule has 0 bridgehead atoms. The molecule has 0 radical (unpaired) electrons. The molecule has 0 amide bonds. The minimum absolute atomic E-state index is 0.164. The van der Waals surface area contributed by atoms with Gasteiger partial charge < -0.3 is 24.4 Å². The Morgan fingerprint density at radius 2 is 2.00 bits per heavy atom. The summed E-state index contributed by atoms with van der Waals surface area (Å²) in [6.07, 6.45) is 6.72. The lowest BCUT2D eigenvalue weighted by Crippen LogP contribution is -2.29. The smallest absolute Gasteiger partial charge is 0.482 e. The van der Waals surface area contributed by atoms with Gasteiger partial charge in [-0.05, 0) is 73.5 Å². The summed E-state index contributed by atoms with van der Waals surface area (Å²) in [6.45, 7) is 1.79. The van der Waals surface area contributed by atoms with Crippen molar-refractivity contribution in [2.45, 2.75) is 76.9 Å². The fourth-order valence-corrected chi connectivity index (χ4v) is 5.52. The second-order valence-corrected chi connectivity index (χ2v) is 9.15. The molecule has 2 N–H and O–H groups in total. The van der Waals surface area contributed by atoms with Gasteiger partial charge in [-0.3, -0.25) is 0 Å². The summed E-state index contributed by atoms with van der Waals surface area (Å²) in [5.74, 6) is 0.449. The molecule has 0 unspecified atom stereocenters. The Labute approximate surface area is 190 Å². The van der Waals surface area contributed by atoms with Crippen LogP contribution in [0.25, 0.3) is 0 Å². The Hall–Kier alpha value is -2.28. The minimum Gasteiger partial charge on any atom is -0.482 e. The first-order valence-corrected chi connectivity index (χ1v) is 11.8. The Morgan fingerprint density at radius 1 is 1.19 bits per heavy atom. The number of carboxylic acid groups (broad SMARTS) is 1. The van der Waals surface area contributed by atoms with E-state index >= 15 is 0 Å².